The second-order valence-electron chi connectivity index (χ2n) is 8.28. The SMILES string of the molecule is CCN(CC)CCCn1c2c(c(SCC(=O)Nc3ccc(C(F)(F)F)cc3)nc1=O)CCCC2. The van der Waals surface area contributed by atoms with Crippen molar-refractivity contribution in [2.75, 3.05) is 30.7 Å². The Morgan fingerprint density at radius 2 is 1.82 bits per heavy atom. The maximum Gasteiger partial charge on any atom is 0.416 e. The quantitative estimate of drug-likeness (QED) is 0.385. The van der Waals surface area contributed by atoms with Crippen molar-refractivity contribution in [3.8, 4) is 0 Å². The van der Waals surface area contributed by atoms with Gasteiger partial charge in [0.25, 0.3) is 0 Å². The van der Waals surface area contributed by atoms with E-state index >= 15 is 0 Å². The van der Waals surface area contributed by atoms with E-state index < -0.39 is 11.7 Å². The number of halogens is 3. The summed E-state index contributed by atoms with van der Waals surface area (Å²) >= 11 is 1.20. The van der Waals surface area contributed by atoms with Crippen molar-refractivity contribution in [2.45, 2.75) is 63.7 Å². The number of anilines is 1. The molecule has 1 N–H and O–H groups in total. The number of aromatic nitrogens is 2. The van der Waals surface area contributed by atoms with Gasteiger partial charge < -0.3 is 10.2 Å². The third-order valence-corrected chi connectivity index (χ3v) is 7.05. The van der Waals surface area contributed by atoms with Gasteiger partial charge in [0.05, 0.1) is 11.3 Å². The molecule has 0 saturated carbocycles. The molecule has 1 aromatic carbocycles. The lowest BCUT2D eigenvalue weighted by molar-refractivity contribution is -0.137. The van der Waals surface area contributed by atoms with E-state index in [4.69, 9.17) is 0 Å². The Balaban J connectivity index is 1.66. The Kier molecular flexibility index (Phi) is 9.18. The van der Waals surface area contributed by atoms with Gasteiger partial charge in [-0.05, 0) is 76.0 Å². The molecular weight excluding hydrogens is 465 g/mol. The van der Waals surface area contributed by atoms with Gasteiger partial charge in [0.15, 0.2) is 0 Å². The largest absolute Gasteiger partial charge is 0.416 e. The van der Waals surface area contributed by atoms with Crippen LogP contribution in [0.2, 0.25) is 0 Å². The van der Waals surface area contributed by atoms with E-state index in [9.17, 15) is 22.8 Å². The number of alkyl halides is 3. The van der Waals surface area contributed by atoms with E-state index in [0.29, 0.717) is 11.6 Å². The van der Waals surface area contributed by atoms with Crippen LogP contribution in [0.5, 0.6) is 0 Å². The fourth-order valence-corrected chi connectivity index (χ4v) is 5.04. The fraction of sp³-hybridized carbons (Fsp3) is 0.542. The summed E-state index contributed by atoms with van der Waals surface area (Å²) in [5, 5.41) is 3.19. The lowest BCUT2D eigenvalue weighted by atomic mass is 9.97. The van der Waals surface area contributed by atoms with Crippen LogP contribution in [0.3, 0.4) is 0 Å². The molecule has 0 saturated heterocycles. The molecule has 1 amide bonds. The molecule has 1 heterocycles. The number of amides is 1. The van der Waals surface area contributed by atoms with Crippen LogP contribution in [-0.4, -0.2) is 45.7 Å². The minimum Gasteiger partial charge on any atom is -0.325 e. The lowest BCUT2D eigenvalue weighted by Crippen LogP contribution is -2.32. The zero-order valence-corrected chi connectivity index (χ0v) is 20.4. The fourth-order valence-electron chi connectivity index (χ4n) is 4.16. The van der Waals surface area contributed by atoms with Crippen LogP contribution in [0.15, 0.2) is 34.1 Å². The number of hydrogen-bond acceptors (Lipinski definition) is 5. The number of thioether (sulfide) groups is 1. The molecule has 34 heavy (non-hydrogen) atoms. The standard InChI is InChI=1S/C24H31F3N4O2S/c1-3-30(4-2)14-7-15-31-20-9-6-5-8-19(20)22(29-23(31)33)34-16-21(32)28-18-12-10-17(11-13-18)24(25,26)27/h10-13H,3-9,14-16H2,1-2H3,(H,28,32). The number of carbonyl (C=O) groups excluding carboxylic acids is 1. The molecule has 6 nitrogen and oxygen atoms in total. The highest BCUT2D eigenvalue weighted by Crippen LogP contribution is 2.30. The first-order valence-electron chi connectivity index (χ1n) is 11.7. The summed E-state index contributed by atoms with van der Waals surface area (Å²) in [4.78, 5) is 31.8. The van der Waals surface area contributed by atoms with E-state index in [0.717, 1.165) is 75.1 Å². The highest BCUT2D eigenvalue weighted by molar-refractivity contribution is 8.00. The van der Waals surface area contributed by atoms with Crippen molar-refractivity contribution in [1.29, 1.82) is 0 Å². The van der Waals surface area contributed by atoms with Crippen LogP contribution in [0.4, 0.5) is 18.9 Å². The van der Waals surface area contributed by atoms with Gasteiger partial charge in [0.1, 0.15) is 5.03 Å². The summed E-state index contributed by atoms with van der Waals surface area (Å²) in [6.45, 7) is 7.76. The van der Waals surface area contributed by atoms with Crippen LogP contribution < -0.4 is 11.0 Å². The van der Waals surface area contributed by atoms with E-state index in [1.807, 2.05) is 0 Å². The van der Waals surface area contributed by atoms with Gasteiger partial charge in [-0.25, -0.2) is 4.79 Å². The summed E-state index contributed by atoms with van der Waals surface area (Å²) < 4.78 is 39.9. The predicted molar refractivity (Wildman–Crippen MR) is 128 cm³/mol. The third kappa shape index (κ3) is 6.85. The Labute approximate surface area is 201 Å². The Morgan fingerprint density at radius 3 is 2.47 bits per heavy atom. The van der Waals surface area contributed by atoms with E-state index in [1.54, 1.807) is 4.57 Å². The Bertz CT molecular complexity index is 1030. The Hall–Kier alpha value is -2.33. The van der Waals surface area contributed by atoms with Crippen LogP contribution in [0.1, 0.15) is 49.9 Å². The molecule has 0 atom stereocenters. The van der Waals surface area contributed by atoms with Gasteiger partial charge >= 0.3 is 11.9 Å². The number of hydrogen-bond donors (Lipinski definition) is 1. The van der Waals surface area contributed by atoms with Crippen molar-refractivity contribution in [2.24, 2.45) is 0 Å². The minimum atomic E-state index is -4.42. The maximum atomic E-state index is 12.8. The number of nitrogens with one attached hydrogen (secondary N) is 1. The molecule has 3 rings (SSSR count). The highest BCUT2D eigenvalue weighted by Gasteiger charge is 2.30. The molecular formula is C24H31F3N4O2S. The summed E-state index contributed by atoms with van der Waals surface area (Å²) in [5.41, 5.74) is 1.30. The average Bonchev–Trinajstić information content (AvgIpc) is 2.81. The monoisotopic (exact) mass is 496 g/mol. The molecule has 0 bridgehead atoms. The van der Waals surface area contributed by atoms with Gasteiger partial charge in [0, 0.05) is 23.5 Å². The number of carbonyl (C=O) groups is 1. The predicted octanol–water partition coefficient (Wildman–Crippen LogP) is 4.60. The van der Waals surface area contributed by atoms with Crippen molar-refractivity contribution in [1.82, 2.24) is 14.5 Å². The molecule has 0 aliphatic heterocycles. The van der Waals surface area contributed by atoms with E-state index in [-0.39, 0.29) is 23.0 Å². The Morgan fingerprint density at radius 1 is 1.15 bits per heavy atom. The third-order valence-electron chi connectivity index (χ3n) is 6.04. The smallest absolute Gasteiger partial charge is 0.325 e. The second kappa shape index (κ2) is 11.9. The minimum absolute atomic E-state index is 0.0197. The summed E-state index contributed by atoms with van der Waals surface area (Å²) in [7, 11) is 0. The molecule has 1 aliphatic carbocycles. The van der Waals surface area contributed by atoms with Gasteiger partial charge in [-0.1, -0.05) is 25.6 Å². The average molecular weight is 497 g/mol. The number of rotatable bonds is 10. The molecule has 186 valence electrons. The van der Waals surface area contributed by atoms with Gasteiger partial charge in [0.2, 0.25) is 5.91 Å². The normalized spacial score (nSPS) is 13.7. The second-order valence-corrected chi connectivity index (χ2v) is 9.24. The van der Waals surface area contributed by atoms with Gasteiger partial charge in [-0.2, -0.15) is 18.2 Å². The highest BCUT2D eigenvalue weighted by atomic mass is 32.2. The van der Waals surface area contributed by atoms with E-state index in [1.165, 1.54) is 23.9 Å². The summed E-state index contributed by atoms with van der Waals surface area (Å²) in [6, 6.07) is 4.32. The topological polar surface area (TPSA) is 67.2 Å². The molecule has 0 radical (unpaired) electrons. The maximum absolute atomic E-state index is 12.8. The van der Waals surface area contributed by atoms with Crippen LogP contribution in [-0.2, 0) is 30.4 Å². The molecule has 10 heteroatoms. The van der Waals surface area contributed by atoms with Crippen molar-refractivity contribution >= 4 is 23.4 Å². The first kappa shape index (κ1) is 26.3. The summed E-state index contributed by atoms with van der Waals surface area (Å²) in [6.07, 6.45) is 0.125. The zero-order valence-electron chi connectivity index (χ0n) is 19.6. The van der Waals surface area contributed by atoms with Gasteiger partial charge in [-0.15, -0.1) is 0 Å². The summed E-state index contributed by atoms with van der Waals surface area (Å²) in [5.74, 6) is -0.342. The lowest BCUT2D eigenvalue weighted by Gasteiger charge is -2.23. The first-order valence-corrected chi connectivity index (χ1v) is 12.7. The zero-order chi connectivity index (χ0) is 24.7. The molecule has 1 aliphatic rings. The molecule has 1 aromatic heterocycles. The molecule has 0 spiro atoms. The van der Waals surface area contributed by atoms with Crippen LogP contribution in [0, 0.1) is 0 Å². The number of fused-ring (bicyclic) bond motifs is 1. The molecule has 0 unspecified atom stereocenters. The molecule has 2 aromatic rings. The van der Waals surface area contributed by atoms with Crippen LogP contribution >= 0.6 is 11.8 Å². The number of nitrogens with zero attached hydrogens (tertiary/aromatic N) is 3. The first-order chi connectivity index (χ1) is 16.2. The van der Waals surface area contributed by atoms with Crippen molar-refractivity contribution in [3.63, 3.8) is 0 Å². The van der Waals surface area contributed by atoms with Crippen LogP contribution in [0.25, 0.3) is 0 Å². The van der Waals surface area contributed by atoms with Crippen molar-refractivity contribution in [3.05, 3.63) is 51.6 Å². The van der Waals surface area contributed by atoms with Crippen molar-refractivity contribution < 1.29 is 18.0 Å². The van der Waals surface area contributed by atoms with Gasteiger partial charge in [-0.3, -0.25) is 9.36 Å². The van der Waals surface area contributed by atoms with E-state index in [2.05, 4.69) is 29.0 Å². The molecule has 0 fully saturated rings. The number of benzene rings is 1.